The maximum absolute atomic E-state index is 11.8. The van der Waals surface area contributed by atoms with E-state index in [-0.39, 0.29) is 17.0 Å². The Balaban J connectivity index is 2.91. The number of nitriles is 1. The highest BCUT2D eigenvalue weighted by molar-refractivity contribution is 7.89. The number of nitrogens with zero attached hydrogens (tertiary/aromatic N) is 1. The first-order valence-electron chi connectivity index (χ1n) is 4.95. The van der Waals surface area contributed by atoms with Gasteiger partial charge in [-0.2, -0.15) is 5.26 Å². The monoisotopic (exact) mass is 251 g/mol. The number of benzene rings is 1. The smallest absolute Gasteiger partial charge is 0.242 e. The van der Waals surface area contributed by atoms with Crippen LogP contribution in [0.4, 0.5) is 0 Å². The second-order valence-electron chi connectivity index (χ2n) is 3.17. The topological polar surface area (TPSA) is 96.0 Å². The van der Waals surface area contributed by atoms with Gasteiger partial charge in [0.1, 0.15) is 6.07 Å². The number of hydrogen-bond donors (Lipinski definition) is 2. The molecule has 1 aromatic carbocycles. The van der Waals surface area contributed by atoms with Gasteiger partial charge in [0.05, 0.1) is 10.5 Å². The molecule has 0 aliphatic rings. The van der Waals surface area contributed by atoms with Gasteiger partial charge < -0.3 is 5.73 Å². The van der Waals surface area contributed by atoms with E-state index < -0.39 is 10.0 Å². The molecule has 0 saturated carbocycles. The average molecular weight is 251 g/mol. The second-order valence-corrected chi connectivity index (χ2v) is 4.90. The Labute approximate surface area is 101 Å². The Kier molecular flexibility index (Phi) is 4.84. The van der Waals surface area contributed by atoms with Gasteiger partial charge in [-0.15, -0.1) is 0 Å². The quantitative estimate of drug-likeness (QED) is 0.738. The van der Waals surface area contributed by atoms with Crippen LogP contribution in [0.1, 0.15) is 5.56 Å². The highest BCUT2D eigenvalue weighted by Crippen LogP contribution is 2.13. The predicted molar refractivity (Wildman–Crippen MR) is 64.5 cm³/mol. The van der Waals surface area contributed by atoms with Gasteiger partial charge in [-0.25, -0.2) is 13.1 Å². The molecule has 0 spiro atoms. The number of nitrogens with two attached hydrogens (primary N) is 1. The summed E-state index contributed by atoms with van der Waals surface area (Å²) in [7, 11) is -3.65. The van der Waals surface area contributed by atoms with Gasteiger partial charge in [0.15, 0.2) is 0 Å². The van der Waals surface area contributed by atoms with Crippen LogP contribution in [0.3, 0.4) is 0 Å². The summed E-state index contributed by atoms with van der Waals surface area (Å²) < 4.78 is 26.1. The number of hydrogen-bond acceptors (Lipinski definition) is 4. The predicted octanol–water partition coefficient (Wildman–Crippen LogP) is 0.351. The molecule has 0 heterocycles. The van der Waals surface area contributed by atoms with Crippen LogP contribution < -0.4 is 10.5 Å². The molecule has 5 nitrogen and oxygen atoms in total. The molecule has 0 unspecified atom stereocenters. The van der Waals surface area contributed by atoms with Crippen LogP contribution in [0, 0.1) is 11.3 Å². The van der Waals surface area contributed by atoms with Crippen LogP contribution in [-0.4, -0.2) is 21.5 Å². The molecule has 0 aliphatic heterocycles. The van der Waals surface area contributed by atoms with Crippen LogP contribution in [0.2, 0.25) is 0 Å². The lowest BCUT2D eigenvalue weighted by Gasteiger charge is -2.05. The van der Waals surface area contributed by atoms with E-state index in [9.17, 15) is 8.42 Å². The van der Waals surface area contributed by atoms with Crippen molar-refractivity contribution in [2.45, 2.75) is 4.90 Å². The summed E-state index contributed by atoms with van der Waals surface area (Å²) >= 11 is 0. The van der Waals surface area contributed by atoms with Crippen molar-refractivity contribution < 1.29 is 8.42 Å². The minimum atomic E-state index is -3.65. The van der Waals surface area contributed by atoms with Crippen LogP contribution in [-0.2, 0) is 10.0 Å². The standard InChI is InChI=1S/C11H13N3O2S/c12-7-3-4-8-14-17(15,16)11-6-2-1-5-10(11)9-13/h1-6,14H,7-8,12H2/b4-3+. The molecule has 0 aromatic heterocycles. The Hall–Kier alpha value is -1.68. The van der Waals surface area contributed by atoms with Gasteiger partial charge >= 0.3 is 0 Å². The Morgan fingerprint density at radius 2 is 2.06 bits per heavy atom. The molecule has 1 aromatic rings. The molecule has 3 N–H and O–H groups in total. The second kappa shape index (κ2) is 6.15. The molecule has 0 amide bonds. The fraction of sp³-hybridized carbons (Fsp3) is 0.182. The molecule has 0 fully saturated rings. The summed E-state index contributed by atoms with van der Waals surface area (Å²) in [6.07, 6.45) is 3.27. The van der Waals surface area contributed by atoms with E-state index in [4.69, 9.17) is 11.0 Å². The Bertz CT molecular complexity index is 544. The first kappa shape index (κ1) is 13.4. The molecule has 0 bridgehead atoms. The molecule has 0 saturated heterocycles. The fourth-order valence-corrected chi connectivity index (χ4v) is 2.34. The average Bonchev–Trinajstić information content (AvgIpc) is 2.34. The third-order valence-electron chi connectivity index (χ3n) is 1.99. The van der Waals surface area contributed by atoms with Crippen molar-refractivity contribution in [3.05, 3.63) is 42.0 Å². The van der Waals surface area contributed by atoms with Crippen molar-refractivity contribution in [1.82, 2.24) is 4.72 Å². The van der Waals surface area contributed by atoms with Gasteiger partial charge in [-0.05, 0) is 12.1 Å². The van der Waals surface area contributed by atoms with E-state index in [0.29, 0.717) is 6.54 Å². The lowest BCUT2D eigenvalue weighted by Crippen LogP contribution is -2.24. The highest BCUT2D eigenvalue weighted by atomic mass is 32.2. The van der Waals surface area contributed by atoms with E-state index >= 15 is 0 Å². The van der Waals surface area contributed by atoms with E-state index in [1.165, 1.54) is 12.1 Å². The molecule has 90 valence electrons. The zero-order valence-electron chi connectivity index (χ0n) is 9.13. The van der Waals surface area contributed by atoms with Crippen molar-refractivity contribution in [1.29, 1.82) is 5.26 Å². The SMILES string of the molecule is N#Cc1ccccc1S(=O)(=O)NC/C=C/CN. The van der Waals surface area contributed by atoms with Crippen molar-refractivity contribution in [2.75, 3.05) is 13.1 Å². The molecule has 6 heteroatoms. The summed E-state index contributed by atoms with van der Waals surface area (Å²) in [6, 6.07) is 7.90. The van der Waals surface area contributed by atoms with Gasteiger partial charge in [0, 0.05) is 13.1 Å². The van der Waals surface area contributed by atoms with Crippen LogP contribution in [0.25, 0.3) is 0 Å². The van der Waals surface area contributed by atoms with Gasteiger partial charge in [0.2, 0.25) is 10.0 Å². The van der Waals surface area contributed by atoms with Crippen LogP contribution in [0.15, 0.2) is 41.3 Å². The fourth-order valence-electron chi connectivity index (χ4n) is 1.21. The summed E-state index contributed by atoms with van der Waals surface area (Å²) in [5.74, 6) is 0. The van der Waals surface area contributed by atoms with Crippen molar-refractivity contribution >= 4 is 10.0 Å². The summed E-state index contributed by atoms with van der Waals surface area (Å²) in [4.78, 5) is -0.0105. The van der Waals surface area contributed by atoms with Crippen molar-refractivity contribution in [2.24, 2.45) is 5.73 Å². The molecule has 1 rings (SSSR count). The van der Waals surface area contributed by atoms with E-state index in [2.05, 4.69) is 4.72 Å². The molecular formula is C11H13N3O2S. The molecule has 0 aliphatic carbocycles. The summed E-state index contributed by atoms with van der Waals surface area (Å²) in [5, 5.41) is 8.82. The largest absolute Gasteiger partial charge is 0.327 e. The molecular weight excluding hydrogens is 238 g/mol. The first-order chi connectivity index (χ1) is 8.11. The molecule has 0 atom stereocenters. The van der Waals surface area contributed by atoms with Gasteiger partial charge in [-0.1, -0.05) is 24.3 Å². The lowest BCUT2D eigenvalue weighted by molar-refractivity contribution is 0.585. The minimum absolute atomic E-state index is 0.0105. The van der Waals surface area contributed by atoms with Crippen molar-refractivity contribution in [3.63, 3.8) is 0 Å². The number of nitrogens with one attached hydrogen (secondary N) is 1. The normalized spacial score (nSPS) is 11.5. The third-order valence-corrected chi connectivity index (χ3v) is 3.47. The van der Waals surface area contributed by atoms with Crippen LogP contribution >= 0.6 is 0 Å². The summed E-state index contributed by atoms with van der Waals surface area (Å²) in [5.41, 5.74) is 5.36. The van der Waals surface area contributed by atoms with E-state index in [1.54, 1.807) is 24.3 Å². The maximum atomic E-state index is 11.8. The molecule has 17 heavy (non-hydrogen) atoms. The zero-order chi connectivity index (χ0) is 12.7. The number of sulfonamides is 1. The Morgan fingerprint density at radius 3 is 2.71 bits per heavy atom. The van der Waals surface area contributed by atoms with Gasteiger partial charge in [0.25, 0.3) is 0 Å². The van der Waals surface area contributed by atoms with E-state index in [0.717, 1.165) is 0 Å². The lowest BCUT2D eigenvalue weighted by atomic mass is 10.2. The van der Waals surface area contributed by atoms with Crippen molar-refractivity contribution in [3.8, 4) is 6.07 Å². The van der Waals surface area contributed by atoms with Gasteiger partial charge in [-0.3, -0.25) is 0 Å². The maximum Gasteiger partial charge on any atom is 0.242 e. The number of rotatable bonds is 5. The zero-order valence-corrected chi connectivity index (χ0v) is 9.94. The van der Waals surface area contributed by atoms with Crippen LogP contribution in [0.5, 0.6) is 0 Å². The highest BCUT2D eigenvalue weighted by Gasteiger charge is 2.16. The molecule has 0 radical (unpaired) electrons. The Morgan fingerprint density at radius 1 is 1.35 bits per heavy atom. The van der Waals surface area contributed by atoms with E-state index in [1.807, 2.05) is 6.07 Å². The first-order valence-corrected chi connectivity index (χ1v) is 6.44. The summed E-state index contributed by atoms with van der Waals surface area (Å²) in [6.45, 7) is 0.510. The third kappa shape index (κ3) is 3.67. The minimum Gasteiger partial charge on any atom is -0.327 e.